The first-order valence-electron chi connectivity index (χ1n) is 6.87. The monoisotopic (exact) mass is 253 g/mol. The molecule has 1 heterocycles. The average molecular weight is 253 g/mol. The highest BCUT2D eigenvalue weighted by Gasteiger charge is 2.32. The van der Waals surface area contributed by atoms with Crippen LogP contribution in [0.3, 0.4) is 0 Å². The summed E-state index contributed by atoms with van der Waals surface area (Å²) in [5.41, 5.74) is 0. The molecular formula is C13H23N3O2. The Kier molecular flexibility index (Phi) is 4.22. The van der Waals surface area contributed by atoms with Gasteiger partial charge in [0.25, 0.3) is 0 Å². The fourth-order valence-electron chi connectivity index (χ4n) is 2.34. The molecule has 2 rings (SSSR count). The topological polar surface area (TPSA) is 61.4 Å². The molecule has 5 heteroatoms. The Morgan fingerprint density at radius 1 is 1.50 bits per heavy atom. The van der Waals surface area contributed by atoms with E-state index in [4.69, 9.17) is 0 Å². The number of nitrogens with one attached hydrogen (secondary N) is 2. The van der Waals surface area contributed by atoms with Gasteiger partial charge in [0.2, 0.25) is 11.8 Å². The third-order valence-electron chi connectivity index (χ3n) is 3.43. The van der Waals surface area contributed by atoms with Crippen LogP contribution in [0.5, 0.6) is 0 Å². The van der Waals surface area contributed by atoms with Crippen molar-refractivity contribution >= 4 is 11.8 Å². The summed E-state index contributed by atoms with van der Waals surface area (Å²) in [4.78, 5) is 25.7. The molecule has 0 radical (unpaired) electrons. The second-order valence-electron chi connectivity index (χ2n) is 5.75. The zero-order valence-corrected chi connectivity index (χ0v) is 11.2. The lowest BCUT2D eigenvalue weighted by molar-refractivity contribution is -0.132. The largest absolute Gasteiger partial charge is 0.353 e. The highest BCUT2D eigenvalue weighted by Crippen LogP contribution is 2.19. The molecule has 1 aliphatic heterocycles. The van der Waals surface area contributed by atoms with Crippen molar-refractivity contribution in [3.63, 3.8) is 0 Å². The van der Waals surface area contributed by atoms with Gasteiger partial charge in [-0.05, 0) is 25.2 Å². The van der Waals surface area contributed by atoms with Gasteiger partial charge in [0.15, 0.2) is 0 Å². The number of nitrogens with zero attached hydrogens (tertiary/aromatic N) is 1. The molecule has 1 saturated carbocycles. The standard InChI is InChI=1S/C13H23N3O2/c1-9(2)7-11-13(18)14-5-6-16(11)8-12(17)15-10-3-4-10/h9-11H,3-8H2,1-2H3,(H,14,18)(H,15,17)/t11-/m0/s1. The molecule has 5 nitrogen and oxygen atoms in total. The van der Waals surface area contributed by atoms with Crippen LogP contribution in [-0.2, 0) is 9.59 Å². The Morgan fingerprint density at radius 3 is 2.83 bits per heavy atom. The summed E-state index contributed by atoms with van der Waals surface area (Å²) >= 11 is 0. The molecule has 2 N–H and O–H groups in total. The molecule has 0 aromatic carbocycles. The molecule has 2 amide bonds. The lowest BCUT2D eigenvalue weighted by Gasteiger charge is -2.35. The third-order valence-corrected chi connectivity index (χ3v) is 3.43. The van der Waals surface area contributed by atoms with E-state index in [1.165, 1.54) is 0 Å². The van der Waals surface area contributed by atoms with Crippen LogP contribution in [0.4, 0.5) is 0 Å². The van der Waals surface area contributed by atoms with E-state index in [0.717, 1.165) is 25.8 Å². The van der Waals surface area contributed by atoms with Gasteiger partial charge in [-0.1, -0.05) is 13.8 Å². The van der Waals surface area contributed by atoms with Crippen molar-refractivity contribution in [3.05, 3.63) is 0 Å². The van der Waals surface area contributed by atoms with E-state index in [1.807, 2.05) is 4.90 Å². The van der Waals surface area contributed by atoms with Crippen LogP contribution < -0.4 is 10.6 Å². The van der Waals surface area contributed by atoms with Crippen molar-refractivity contribution in [1.29, 1.82) is 0 Å². The normalized spacial score (nSPS) is 25.1. The second-order valence-corrected chi connectivity index (χ2v) is 5.75. The van der Waals surface area contributed by atoms with Crippen LogP contribution in [0.1, 0.15) is 33.1 Å². The van der Waals surface area contributed by atoms with Crippen LogP contribution in [0.15, 0.2) is 0 Å². The zero-order chi connectivity index (χ0) is 13.1. The zero-order valence-electron chi connectivity index (χ0n) is 11.2. The van der Waals surface area contributed by atoms with E-state index in [0.29, 0.717) is 25.0 Å². The molecule has 18 heavy (non-hydrogen) atoms. The maximum Gasteiger partial charge on any atom is 0.237 e. The SMILES string of the molecule is CC(C)C[C@H]1C(=O)NCCN1CC(=O)NC1CC1. The number of amides is 2. The minimum absolute atomic E-state index is 0.0564. The van der Waals surface area contributed by atoms with Gasteiger partial charge in [-0.2, -0.15) is 0 Å². The van der Waals surface area contributed by atoms with Gasteiger partial charge >= 0.3 is 0 Å². The van der Waals surface area contributed by atoms with Crippen LogP contribution in [0.2, 0.25) is 0 Å². The minimum Gasteiger partial charge on any atom is -0.353 e. The van der Waals surface area contributed by atoms with Gasteiger partial charge in [0.05, 0.1) is 12.6 Å². The van der Waals surface area contributed by atoms with Crippen LogP contribution in [-0.4, -0.2) is 48.4 Å². The first kappa shape index (κ1) is 13.3. The summed E-state index contributed by atoms with van der Waals surface area (Å²) in [7, 11) is 0. The Bertz CT molecular complexity index is 326. The van der Waals surface area contributed by atoms with E-state index in [1.54, 1.807) is 0 Å². The predicted octanol–water partition coefficient (Wildman–Crippen LogP) is 0.112. The molecule has 0 unspecified atom stereocenters. The van der Waals surface area contributed by atoms with E-state index in [-0.39, 0.29) is 17.9 Å². The van der Waals surface area contributed by atoms with Crippen molar-refractivity contribution in [2.75, 3.05) is 19.6 Å². The summed E-state index contributed by atoms with van der Waals surface area (Å²) in [6.45, 7) is 5.96. The summed E-state index contributed by atoms with van der Waals surface area (Å²) < 4.78 is 0. The van der Waals surface area contributed by atoms with E-state index in [2.05, 4.69) is 24.5 Å². The van der Waals surface area contributed by atoms with Gasteiger partial charge in [0.1, 0.15) is 0 Å². The second kappa shape index (κ2) is 5.69. The molecule has 1 aliphatic carbocycles. The maximum atomic E-state index is 11.9. The molecule has 102 valence electrons. The molecule has 2 fully saturated rings. The number of hydrogen-bond donors (Lipinski definition) is 2. The summed E-state index contributed by atoms with van der Waals surface area (Å²) in [6, 6.07) is 0.239. The van der Waals surface area contributed by atoms with E-state index < -0.39 is 0 Å². The quantitative estimate of drug-likeness (QED) is 0.731. The highest BCUT2D eigenvalue weighted by atomic mass is 16.2. The molecule has 1 atom stereocenters. The molecule has 0 bridgehead atoms. The van der Waals surface area contributed by atoms with Crippen LogP contribution >= 0.6 is 0 Å². The molecule has 0 aromatic heterocycles. The molecule has 0 spiro atoms. The van der Waals surface area contributed by atoms with Gasteiger partial charge < -0.3 is 10.6 Å². The number of piperazine rings is 1. The summed E-state index contributed by atoms with van der Waals surface area (Å²) in [5.74, 6) is 0.572. The summed E-state index contributed by atoms with van der Waals surface area (Å²) in [6.07, 6.45) is 3.01. The van der Waals surface area contributed by atoms with Crippen molar-refractivity contribution in [1.82, 2.24) is 15.5 Å². The Balaban J connectivity index is 1.89. The predicted molar refractivity (Wildman–Crippen MR) is 69.0 cm³/mol. The Labute approximate surface area is 108 Å². The first-order chi connectivity index (χ1) is 8.56. The Hall–Kier alpha value is -1.10. The average Bonchev–Trinajstić information content (AvgIpc) is 3.06. The molecule has 1 saturated heterocycles. The van der Waals surface area contributed by atoms with Gasteiger partial charge in [-0.3, -0.25) is 14.5 Å². The van der Waals surface area contributed by atoms with Gasteiger partial charge in [-0.15, -0.1) is 0 Å². The highest BCUT2D eigenvalue weighted by molar-refractivity contribution is 5.84. The van der Waals surface area contributed by atoms with Crippen molar-refractivity contribution < 1.29 is 9.59 Å². The van der Waals surface area contributed by atoms with Crippen LogP contribution in [0.25, 0.3) is 0 Å². The van der Waals surface area contributed by atoms with Gasteiger partial charge in [0, 0.05) is 19.1 Å². The number of rotatable bonds is 5. The number of carbonyl (C=O) groups excluding carboxylic acids is 2. The molecular weight excluding hydrogens is 230 g/mol. The smallest absolute Gasteiger partial charge is 0.237 e. The lowest BCUT2D eigenvalue weighted by Crippen LogP contribution is -2.57. The van der Waals surface area contributed by atoms with Crippen LogP contribution in [0, 0.1) is 5.92 Å². The van der Waals surface area contributed by atoms with E-state index >= 15 is 0 Å². The van der Waals surface area contributed by atoms with Crippen molar-refractivity contribution in [2.45, 2.75) is 45.2 Å². The molecule has 0 aromatic rings. The Morgan fingerprint density at radius 2 is 2.22 bits per heavy atom. The lowest BCUT2D eigenvalue weighted by atomic mass is 10.00. The number of hydrogen-bond acceptors (Lipinski definition) is 3. The fraction of sp³-hybridized carbons (Fsp3) is 0.846. The number of carbonyl (C=O) groups is 2. The fourth-order valence-corrected chi connectivity index (χ4v) is 2.34. The summed E-state index contributed by atoms with van der Waals surface area (Å²) in [5, 5.41) is 5.86. The minimum atomic E-state index is -0.149. The van der Waals surface area contributed by atoms with Crippen molar-refractivity contribution in [2.24, 2.45) is 5.92 Å². The third kappa shape index (κ3) is 3.70. The molecule has 2 aliphatic rings. The maximum absolute atomic E-state index is 11.9. The van der Waals surface area contributed by atoms with Gasteiger partial charge in [-0.25, -0.2) is 0 Å². The van der Waals surface area contributed by atoms with E-state index in [9.17, 15) is 9.59 Å². The first-order valence-corrected chi connectivity index (χ1v) is 6.87. The van der Waals surface area contributed by atoms with Crippen molar-refractivity contribution in [3.8, 4) is 0 Å².